The highest BCUT2D eigenvalue weighted by Crippen LogP contribution is 2.16. The Hall–Kier alpha value is -1.41. The van der Waals surface area contributed by atoms with E-state index in [0.717, 1.165) is 4.68 Å². The van der Waals surface area contributed by atoms with Crippen LogP contribution in [0.1, 0.15) is 13.8 Å². The predicted octanol–water partition coefficient (Wildman–Crippen LogP) is 0.574. The molecule has 1 heterocycles. The van der Waals surface area contributed by atoms with E-state index < -0.39 is 11.5 Å². The van der Waals surface area contributed by atoms with Crippen LogP contribution in [-0.2, 0) is 16.1 Å². The van der Waals surface area contributed by atoms with E-state index in [-0.39, 0.29) is 12.6 Å². The maximum Gasteiger partial charge on any atom is 0.327 e. The average molecular weight is 347 g/mol. The lowest BCUT2D eigenvalue weighted by atomic mass is 10.1. The molecule has 0 saturated carbocycles. The van der Waals surface area contributed by atoms with Gasteiger partial charge in [-0.25, -0.2) is 4.68 Å². The van der Waals surface area contributed by atoms with E-state index >= 15 is 0 Å². The maximum absolute atomic E-state index is 12.0. The number of rotatable bonds is 6. The van der Waals surface area contributed by atoms with Crippen molar-refractivity contribution < 1.29 is 9.53 Å². The van der Waals surface area contributed by atoms with Crippen LogP contribution in [0.25, 0.3) is 0 Å². The maximum atomic E-state index is 12.0. The molecule has 0 bridgehead atoms. The van der Waals surface area contributed by atoms with E-state index in [0.29, 0.717) is 22.6 Å². The molecule has 1 rings (SSSR count). The Balaban J connectivity index is 2.84. The van der Waals surface area contributed by atoms with Gasteiger partial charge in [-0.2, -0.15) is 5.10 Å². The fraction of sp³-hybridized carbons (Fsp3) is 0.583. The summed E-state index contributed by atoms with van der Waals surface area (Å²) in [5, 5.41) is 6.99. The van der Waals surface area contributed by atoms with Gasteiger partial charge in [-0.05, 0) is 21.8 Å². The molecule has 0 spiro atoms. The molecular weight excluding hydrogens is 328 g/mol. The smallest absolute Gasteiger partial charge is 0.327 e. The van der Waals surface area contributed by atoms with Gasteiger partial charge in [0.05, 0.1) is 19.0 Å². The van der Waals surface area contributed by atoms with E-state index in [2.05, 4.69) is 31.1 Å². The first-order valence-corrected chi connectivity index (χ1v) is 6.98. The van der Waals surface area contributed by atoms with Crippen LogP contribution in [0.2, 0.25) is 0 Å². The first kappa shape index (κ1) is 16.6. The second-order valence-corrected chi connectivity index (χ2v) is 5.49. The van der Waals surface area contributed by atoms with E-state index in [1.165, 1.54) is 13.3 Å². The van der Waals surface area contributed by atoms with Gasteiger partial charge in [0, 0.05) is 12.6 Å². The highest BCUT2D eigenvalue weighted by atomic mass is 79.9. The fourth-order valence-corrected chi connectivity index (χ4v) is 1.80. The predicted molar refractivity (Wildman–Crippen MR) is 79.5 cm³/mol. The third-order valence-electron chi connectivity index (χ3n) is 2.88. The Labute approximate surface area is 125 Å². The van der Waals surface area contributed by atoms with Crippen molar-refractivity contribution in [1.82, 2.24) is 9.78 Å². The summed E-state index contributed by atoms with van der Waals surface area (Å²) in [4.78, 5) is 23.1. The van der Waals surface area contributed by atoms with Crippen molar-refractivity contribution in [3.63, 3.8) is 0 Å². The van der Waals surface area contributed by atoms with Gasteiger partial charge in [-0.1, -0.05) is 13.8 Å². The molecule has 0 fully saturated rings. The van der Waals surface area contributed by atoms with Gasteiger partial charge in [-0.15, -0.1) is 0 Å². The summed E-state index contributed by atoms with van der Waals surface area (Å²) in [6, 6.07) is -0.0283. The molecule has 112 valence electrons. The SMILES string of the molecule is COC(=O)Cn1ncc(NCC(N)C(C)C)c(Br)c1=O. The number of carbonyl (C=O) groups excluding carboxylic acids is 1. The molecule has 1 unspecified atom stereocenters. The number of nitrogens with one attached hydrogen (secondary N) is 1. The molecule has 1 aromatic heterocycles. The molecule has 20 heavy (non-hydrogen) atoms. The summed E-state index contributed by atoms with van der Waals surface area (Å²) < 4.78 is 5.84. The number of methoxy groups -OCH3 is 1. The molecule has 0 saturated heterocycles. The first-order chi connectivity index (χ1) is 9.36. The molecular formula is C12H19BrN4O3. The van der Waals surface area contributed by atoms with Crippen LogP contribution < -0.4 is 16.6 Å². The molecule has 1 aromatic rings. The van der Waals surface area contributed by atoms with Crippen molar-refractivity contribution >= 4 is 27.6 Å². The Morgan fingerprint density at radius 3 is 2.80 bits per heavy atom. The lowest BCUT2D eigenvalue weighted by Gasteiger charge is -2.17. The van der Waals surface area contributed by atoms with E-state index in [1.807, 2.05) is 13.8 Å². The van der Waals surface area contributed by atoms with Crippen LogP contribution in [-0.4, -0.2) is 35.4 Å². The quantitative estimate of drug-likeness (QED) is 0.730. The second-order valence-electron chi connectivity index (χ2n) is 4.70. The zero-order chi connectivity index (χ0) is 15.3. The van der Waals surface area contributed by atoms with Gasteiger partial charge < -0.3 is 15.8 Å². The van der Waals surface area contributed by atoms with Crippen LogP contribution in [0, 0.1) is 5.92 Å². The Morgan fingerprint density at radius 2 is 2.25 bits per heavy atom. The molecule has 0 radical (unpaired) electrons. The third-order valence-corrected chi connectivity index (χ3v) is 3.64. The molecule has 1 atom stereocenters. The first-order valence-electron chi connectivity index (χ1n) is 6.18. The third kappa shape index (κ3) is 4.31. The van der Waals surface area contributed by atoms with Crippen molar-refractivity contribution in [2.45, 2.75) is 26.4 Å². The monoisotopic (exact) mass is 346 g/mol. The van der Waals surface area contributed by atoms with E-state index in [9.17, 15) is 9.59 Å². The van der Waals surface area contributed by atoms with E-state index in [4.69, 9.17) is 5.73 Å². The second kappa shape index (κ2) is 7.39. The van der Waals surface area contributed by atoms with Gasteiger partial charge >= 0.3 is 5.97 Å². The number of anilines is 1. The van der Waals surface area contributed by atoms with Gasteiger partial charge in [0.1, 0.15) is 11.0 Å². The average Bonchev–Trinajstić information content (AvgIpc) is 2.42. The number of nitrogens with two attached hydrogens (primary N) is 1. The number of aromatic nitrogens is 2. The summed E-state index contributed by atoms with van der Waals surface area (Å²) in [7, 11) is 1.26. The van der Waals surface area contributed by atoms with Crippen LogP contribution in [0.15, 0.2) is 15.5 Å². The summed E-state index contributed by atoms with van der Waals surface area (Å²) >= 11 is 3.20. The molecule has 8 heteroatoms. The minimum Gasteiger partial charge on any atom is -0.468 e. The van der Waals surface area contributed by atoms with Crippen molar-refractivity contribution in [1.29, 1.82) is 0 Å². The normalized spacial score (nSPS) is 12.3. The number of esters is 1. The molecule has 7 nitrogen and oxygen atoms in total. The largest absolute Gasteiger partial charge is 0.468 e. The molecule has 0 aliphatic heterocycles. The molecule has 0 aliphatic carbocycles. The summed E-state index contributed by atoms with van der Waals surface area (Å²) in [6.45, 7) is 4.35. The molecule has 0 amide bonds. The van der Waals surface area contributed by atoms with Gasteiger partial charge in [0.15, 0.2) is 0 Å². The zero-order valence-corrected chi connectivity index (χ0v) is 13.3. The lowest BCUT2D eigenvalue weighted by molar-refractivity contribution is -0.141. The number of nitrogens with zero attached hydrogens (tertiary/aromatic N) is 2. The zero-order valence-electron chi connectivity index (χ0n) is 11.7. The van der Waals surface area contributed by atoms with Crippen LogP contribution in [0.5, 0.6) is 0 Å². The lowest BCUT2D eigenvalue weighted by Crippen LogP contribution is -2.35. The minimum absolute atomic E-state index is 0.0283. The topological polar surface area (TPSA) is 99.2 Å². The Morgan fingerprint density at radius 1 is 1.60 bits per heavy atom. The van der Waals surface area contributed by atoms with Gasteiger partial charge in [0.25, 0.3) is 5.56 Å². The number of carbonyl (C=O) groups is 1. The number of hydrogen-bond acceptors (Lipinski definition) is 6. The Kier molecular flexibility index (Phi) is 6.15. The number of halogens is 1. The van der Waals surface area contributed by atoms with Gasteiger partial charge in [-0.3, -0.25) is 9.59 Å². The van der Waals surface area contributed by atoms with Crippen molar-refractivity contribution in [3.05, 3.63) is 21.0 Å². The standard InChI is InChI=1S/C12H19BrN4O3/c1-7(2)8(14)4-15-9-5-16-17(6-10(18)20-3)12(19)11(9)13/h5,7-8,15H,4,6,14H2,1-3H3. The van der Waals surface area contributed by atoms with Crippen molar-refractivity contribution in [3.8, 4) is 0 Å². The number of ether oxygens (including phenoxy) is 1. The van der Waals surface area contributed by atoms with Gasteiger partial charge in [0.2, 0.25) is 0 Å². The molecule has 3 N–H and O–H groups in total. The minimum atomic E-state index is -0.533. The summed E-state index contributed by atoms with van der Waals surface area (Å²) in [5.74, 6) is -0.206. The van der Waals surface area contributed by atoms with E-state index in [1.54, 1.807) is 0 Å². The highest BCUT2D eigenvalue weighted by Gasteiger charge is 2.13. The summed E-state index contributed by atoms with van der Waals surface area (Å²) in [6.07, 6.45) is 1.47. The van der Waals surface area contributed by atoms with Crippen molar-refractivity contribution in [2.75, 3.05) is 19.0 Å². The van der Waals surface area contributed by atoms with Crippen LogP contribution in [0.4, 0.5) is 5.69 Å². The van der Waals surface area contributed by atoms with Crippen LogP contribution >= 0.6 is 15.9 Å². The highest BCUT2D eigenvalue weighted by molar-refractivity contribution is 9.10. The van der Waals surface area contributed by atoms with Crippen molar-refractivity contribution in [2.24, 2.45) is 11.7 Å². The molecule has 0 aliphatic rings. The summed E-state index contributed by atoms with van der Waals surface area (Å²) in [5.41, 5.74) is 6.07. The Bertz CT molecular complexity index is 530. The fourth-order valence-electron chi connectivity index (χ4n) is 1.35. The molecule has 0 aromatic carbocycles. The number of hydrogen-bond donors (Lipinski definition) is 2. The van der Waals surface area contributed by atoms with Crippen LogP contribution in [0.3, 0.4) is 0 Å².